The van der Waals surface area contributed by atoms with Gasteiger partial charge >= 0.3 is 0 Å². The van der Waals surface area contributed by atoms with Crippen LogP contribution in [-0.2, 0) is 5.88 Å². The van der Waals surface area contributed by atoms with Crippen LogP contribution in [0.1, 0.15) is 33.3 Å². The topological polar surface area (TPSA) is 25.4 Å². The minimum Gasteiger partial charge on any atom is -0.476 e. The summed E-state index contributed by atoms with van der Waals surface area (Å²) < 4.78 is 6.67. The van der Waals surface area contributed by atoms with E-state index in [1.807, 2.05) is 6.07 Å². The molecule has 0 atom stereocenters. The third-order valence-corrected chi connectivity index (χ3v) is 3.67. The molecule has 0 saturated carbocycles. The average molecular weight is 350 g/mol. The fraction of sp³-hybridized carbons (Fsp3) is 0.643. The predicted octanol–water partition coefficient (Wildman–Crippen LogP) is 4.08. The van der Waals surface area contributed by atoms with Crippen LogP contribution in [0.15, 0.2) is 16.7 Å². The number of aromatic nitrogens is 1. The molecule has 0 aliphatic heterocycles. The fourth-order valence-corrected chi connectivity index (χ4v) is 2.62. The van der Waals surface area contributed by atoms with Gasteiger partial charge in [0.1, 0.15) is 6.61 Å². The zero-order valence-electron chi connectivity index (χ0n) is 12.0. The number of pyridine rings is 1. The van der Waals surface area contributed by atoms with Gasteiger partial charge < -0.3 is 4.74 Å². The maximum Gasteiger partial charge on any atom is 0.217 e. The number of ether oxygens (including phenoxy) is 1. The van der Waals surface area contributed by atoms with Gasteiger partial charge in [0.2, 0.25) is 5.88 Å². The molecule has 0 fully saturated rings. The van der Waals surface area contributed by atoms with E-state index < -0.39 is 0 Å². The molecule has 108 valence electrons. The third kappa shape index (κ3) is 5.28. The molecule has 19 heavy (non-hydrogen) atoms. The lowest BCUT2D eigenvalue weighted by Gasteiger charge is -2.30. The first-order valence-electron chi connectivity index (χ1n) is 6.54. The molecule has 1 rings (SSSR count). The molecule has 5 heteroatoms. The first kappa shape index (κ1) is 16.7. The van der Waals surface area contributed by atoms with E-state index >= 15 is 0 Å². The summed E-state index contributed by atoms with van der Waals surface area (Å²) in [7, 11) is 0. The lowest BCUT2D eigenvalue weighted by Crippen LogP contribution is -2.39. The summed E-state index contributed by atoms with van der Waals surface area (Å²) in [6.07, 6.45) is 1.73. The maximum absolute atomic E-state index is 5.90. The molecule has 1 aromatic heterocycles. The molecule has 0 saturated heterocycles. The Bertz CT molecular complexity index is 391. The van der Waals surface area contributed by atoms with Crippen molar-refractivity contribution in [2.45, 2.75) is 45.7 Å². The normalized spacial score (nSPS) is 11.6. The highest BCUT2D eigenvalue weighted by molar-refractivity contribution is 9.10. The van der Waals surface area contributed by atoms with E-state index in [1.165, 1.54) is 0 Å². The third-order valence-electron chi connectivity index (χ3n) is 2.95. The summed E-state index contributed by atoms with van der Waals surface area (Å²) in [6, 6.07) is 2.96. The van der Waals surface area contributed by atoms with E-state index in [-0.39, 0.29) is 0 Å². The first-order valence-corrected chi connectivity index (χ1v) is 7.87. The molecule has 1 aromatic rings. The van der Waals surface area contributed by atoms with E-state index in [0.717, 1.165) is 16.6 Å². The van der Waals surface area contributed by atoms with E-state index in [9.17, 15) is 0 Å². The molecule has 0 radical (unpaired) electrons. The zero-order valence-corrected chi connectivity index (χ0v) is 14.3. The summed E-state index contributed by atoms with van der Waals surface area (Å²) in [5.74, 6) is 1.03. The largest absolute Gasteiger partial charge is 0.476 e. The standard InChI is InChI=1S/C14H22BrClN2O/c1-10(2)18(11(3)4)5-6-19-14-12(8-16)7-13(15)9-17-14/h7,9-11H,5-6,8H2,1-4H3. The van der Waals surface area contributed by atoms with Crippen molar-refractivity contribution in [1.82, 2.24) is 9.88 Å². The quantitative estimate of drug-likeness (QED) is 0.694. The Labute approximate surface area is 129 Å². The minimum atomic E-state index is 0.403. The summed E-state index contributed by atoms with van der Waals surface area (Å²) in [6.45, 7) is 10.3. The van der Waals surface area contributed by atoms with Crippen LogP contribution in [0.3, 0.4) is 0 Å². The second-order valence-electron chi connectivity index (χ2n) is 5.03. The van der Waals surface area contributed by atoms with Gasteiger partial charge in [-0.2, -0.15) is 0 Å². The highest BCUT2D eigenvalue weighted by Gasteiger charge is 2.13. The lowest BCUT2D eigenvalue weighted by atomic mass is 10.2. The van der Waals surface area contributed by atoms with Crippen LogP contribution in [0.25, 0.3) is 0 Å². The van der Waals surface area contributed by atoms with Crippen LogP contribution in [0.2, 0.25) is 0 Å². The number of nitrogens with zero attached hydrogens (tertiary/aromatic N) is 2. The smallest absolute Gasteiger partial charge is 0.217 e. The Hall–Kier alpha value is -0.320. The van der Waals surface area contributed by atoms with Crippen molar-refractivity contribution in [1.29, 1.82) is 0 Å². The Morgan fingerprint density at radius 1 is 1.32 bits per heavy atom. The summed E-state index contributed by atoms with van der Waals surface area (Å²) in [5.41, 5.74) is 0.914. The summed E-state index contributed by atoms with van der Waals surface area (Å²) in [5, 5.41) is 0. The lowest BCUT2D eigenvalue weighted by molar-refractivity contribution is 0.140. The van der Waals surface area contributed by atoms with E-state index in [0.29, 0.717) is 30.5 Å². The van der Waals surface area contributed by atoms with Crippen LogP contribution >= 0.6 is 27.5 Å². The SMILES string of the molecule is CC(C)N(CCOc1ncc(Br)cc1CCl)C(C)C. The van der Waals surface area contributed by atoms with Crippen molar-refractivity contribution < 1.29 is 4.74 Å². The number of alkyl halides is 1. The van der Waals surface area contributed by atoms with Crippen molar-refractivity contribution in [3.05, 3.63) is 22.3 Å². The van der Waals surface area contributed by atoms with Crippen LogP contribution < -0.4 is 4.74 Å². The predicted molar refractivity (Wildman–Crippen MR) is 84.0 cm³/mol. The minimum absolute atomic E-state index is 0.403. The molecule has 0 amide bonds. The van der Waals surface area contributed by atoms with Gasteiger partial charge in [0.25, 0.3) is 0 Å². The molecule has 0 N–H and O–H groups in total. The van der Waals surface area contributed by atoms with Gasteiger partial charge in [-0.3, -0.25) is 4.90 Å². The summed E-state index contributed by atoms with van der Waals surface area (Å²) >= 11 is 9.28. The van der Waals surface area contributed by atoms with Crippen molar-refractivity contribution in [2.75, 3.05) is 13.2 Å². The van der Waals surface area contributed by atoms with Crippen molar-refractivity contribution >= 4 is 27.5 Å². The van der Waals surface area contributed by atoms with Crippen LogP contribution in [0.5, 0.6) is 5.88 Å². The summed E-state index contributed by atoms with van der Waals surface area (Å²) in [4.78, 5) is 6.65. The number of hydrogen-bond acceptors (Lipinski definition) is 3. The first-order chi connectivity index (χ1) is 8.95. The Morgan fingerprint density at radius 3 is 2.47 bits per heavy atom. The second kappa shape index (κ2) is 8.08. The van der Waals surface area contributed by atoms with Gasteiger partial charge in [-0.05, 0) is 49.7 Å². The molecule has 0 aliphatic carbocycles. The van der Waals surface area contributed by atoms with E-state index in [4.69, 9.17) is 16.3 Å². The monoisotopic (exact) mass is 348 g/mol. The fourth-order valence-electron chi connectivity index (χ4n) is 2.05. The molecule has 0 aliphatic rings. The van der Waals surface area contributed by atoms with Crippen LogP contribution in [0.4, 0.5) is 0 Å². The molecule has 3 nitrogen and oxygen atoms in total. The molecular formula is C14H22BrClN2O. The van der Waals surface area contributed by atoms with Gasteiger partial charge in [0.05, 0.1) is 5.88 Å². The Kier molecular flexibility index (Phi) is 7.11. The zero-order chi connectivity index (χ0) is 14.4. The Balaban J connectivity index is 2.57. The molecular weight excluding hydrogens is 328 g/mol. The van der Waals surface area contributed by atoms with Crippen molar-refractivity contribution in [2.24, 2.45) is 0 Å². The number of halogens is 2. The van der Waals surface area contributed by atoms with Gasteiger partial charge in [-0.25, -0.2) is 4.98 Å². The molecule has 0 aromatic carbocycles. The number of hydrogen-bond donors (Lipinski definition) is 0. The van der Waals surface area contributed by atoms with Gasteiger partial charge in [0, 0.05) is 34.9 Å². The maximum atomic E-state index is 5.90. The highest BCUT2D eigenvalue weighted by atomic mass is 79.9. The molecule has 0 spiro atoms. The Morgan fingerprint density at radius 2 is 1.95 bits per heavy atom. The van der Waals surface area contributed by atoms with Crippen molar-refractivity contribution in [3.63, 3.8) is 0 Å². The van der Waals surface area contributed by atoms with Crippen LogP contribution in [-0.4, -0.2) is 35.1 Å². The van der Waals surface area contributed by atoms with Gasteiger partial charge in [-0.1, -0.05) is 0 Å². The average Bonchev–Trinajstić information content (AvgIpc) is 2.34. The number of rotatable bonds is 7. The molecule has 1 heterocycles. The highest BCUT2D eigenvalue weighted by Crippen LogP contribution is 2.21. The van der Waals surface area contributed by atoms with E-state index in [2.05, 4.69) is 53.5 Å². The van der Waals surface area contributed by atoms with Crippen molar-refractivity contribution in [3.8, 4) is 5.88 Å². The molecule has 0 unspecified atom stereocenters. The molecule has 0 bridgehead atoms. The van der Waals surface area contributed by atoms with Crippen LogP contribution in [0, 0.1) is 0 Å². The second-order valence-corrected chi connectivity index (χ2v) is 6.21. The van der Waals surface area contributed by atoms with E-state index in [1.54, 1.807) is 6.20 Å². The van der Waals surface area contributed by atoms with Gasteiger partial charge in [-0.15, -0.1) is 11.6 Å². The van der Waals surface area contributed by atoms with Gasteiger partial charge in [0.15, 0.2) is 0 Å².